The zero-order valence-electron chi connectivity index (χ0n) is 20.3. The van der Waals surface area contributed by atoms with E-state index in [4.69, 9.17) is 4.98 Å². The van der Waals surface area contributed by atoms with Gasteiger partial charge in [0.1, 0.15) is 0 Å². The second kappa shape index (κ2) is 6.82. The minimum atomic E-state index is 0.231. The molecule has 0 N–H and O–H groups in total. The van der Waals surface area contributed by atoms with E-state index in [0.717, 1.165) is 51.2 Å². The lowest BCUT2D eigenvalue weighted by Gasteiger charge is -2.61. The van der Waals surface area contributed by atoms with Gasteiger partial charge < -0.3 is 0 Å². The molecule has 0 saturated heterocycles. The smallest absolute Gasteiger partial charge is 0.0972 e. The summed E-state index contributed by atoms with van der Waals surface area (Å²) in [6.45, 7) is 0. The van der Waals surface area contributed by atoms with Crippen molar-refractivity contribution in [2.45, 2.75) is 37.5 Å². The average molecular weight is 465 g/mol. The molecule has 0 aliphatic heterocycles. The van der Waals surface area contributed by atoms with Gasteiger partial charge in [0.05, 0.1) is 16.7 Å². The SMILES string of the molecule is c1ccc2c(c1)-c1cc(-c3ccc4ccc5cccnc5c4n3)ccc1C21C2CC3CC(C2)CC1C3. The summed E-state index contributed by atoms with van der Waals surface area (Å²) in [5.41, 5.74) is 10.6. The zero-order valence-corrected chi connectivity index (χ0v) is 20.3. The van der Waals surface area contributed by atoms with Crippen LogP contribution >= 0.6 is 0 Å². The topological polar surface area (TPSA) is 25.8 Å². The summed E-state index contributed by atoms with van der Waals surface area (Å²) in [7, 11) is 0. The first-order chi connectivity index (χ1) is 17.8. The number of pyridine rings is 2. The Morgan fingerprint density at radius 1 is 0.611 bits per heavy atom. The highest BCUT2D eigenvalue weighted by molar-refractivity contribution is 6.03. The van der Waals surface area contributed by atoms with Crippen molar-refractivity contribution in [3.05, 3.63) is 96.2 Å². The number of nitrogens with zero attached hydrogens (tertiary/aromatic N) is 2. The van der Waals surface area contributed by atoms with Crippen LogP contribution in [0.3, 0.4) is 0 Å². The van der Waals surface area contributed by atoms with E-state index >= 15 is 0 Å². The molecule has 10 rings (SSSR count). The largest absolute Gasteiger partial charge is 0.254 e. The molecule has 5 aromatic rings. The molecule has 2 heterocycles. The monoisotopic (exact) mass is 464 g/mol. The van der Waals surface area contributed by atoms with Gasteiger partial charge in [0.2, 0.25) is 0 Å². The second-order valence-electron chi connectivity index (χ2n) is 11.9. The number of hydrogen-bond donors (Lipinski definition) is 0. The van der Waals surface area contributed by atoms with Crippen LogP contribution in [0.25, 0.3) is 44.2 Å². The van der Waals surface area contributed by atoms with Gasteiger partial charge in [0.25, 0.3) is 0 Å². The van der Waals surface area contributed by atoms with Crippen molar-refractivity contribution in [1.29, 1.82) is 0 Å². The van der Waals surface area contributed by atoms with E-state index in [2.05, 4.69) is 77.8 Å². The van der Waals surface area contributed by atoms with E-state index in [-0.39, 0.29) is 5.41 Å². The van der Waals surface area contributed by atoms with Crippen LogP contribution in [0, 0.1) is 23.7 Å². The summed E-state index contributed by atoms with van der Waals surface area (Å²) in [5.74, 6) is 3.55. The molecular formula is C34H28N2. The van der Waals surface area contributed by atoms with Crippen LogP contribution in [0.1, 0.15) is 43.2 Å². The first kappa shape index (κ1) is 19.6. The summed E-state index contributed by atoms with van der Waals surface area (Å²) >= 11 is 0. The molecule has 4 saturated carbocycles. The Hall–Kier alpha value is -3.52. The molecule has 2 aromatic heterocycles. The van der Waals surface area contributed by atoms with Crippen molar-refractivity contribution < 1.29 is 0 Å². The van der Waals surface area contributed by atoms with Crippen LogP contribution < -0.4 is 0 Å². The number of aromatic nitrogens is 2. The number of fused-ring (bicyclic) bond motifs is 6. The van der Waals surface area contributed by atoms with Gasteiger partial charge in [0, 0.05) is 27.9 Å². The fraction of sp³-hybridized carbons (Fsp3) is 0.294. The third kappa shape index (κ3) is 2.38. The van der Waals surface area contributed by atoms with Gasteiger partial charge in [-0.2, -0.15) is 0 Å². The third-order valence-corrected chi connectivity index (χ3v) is 10.3. The first-order valence-corrected chi connectivity index (χ1v) is 13.7. The maximum Gasteiger partial charge on any atom is 0.0972 e. The molecule has 0 amide bonds. The molecule has 1 spiro atoms. The Balaban J connectivity index is 1.25. The summed E-state index contributed by atoms with van der Waals surface area (Å²) in [6, 6.07) is 29.4. The van der Waals surface area contributed by atoms with E-state index in [1.165, 1.54) is 48.8 Å². The van der Waals surface area contributed by atoms with Crippen molar-refractivity contribution in [2.75, 3.05) is 0 Å². The standard InChI is InChI=1S/C34H28N2/c1-2-6-29-27(5-1)28-19-24(31-12-10-23-8-7-22-4-3-13-35-32(22)33(23)36-31)9-11-30(28)34(29)25-15-20-14-21(17-25)18-26(34)16-20/h1-13,19-21,25-26H,14-18H2. The van der Waals surface area contributed by atoms with E-state index in [1.54, 1.807) is 11.1 Å². The van der Waals surface area contributed by atoms with Gasteiger partial charge >= 0.3 is 0 Å². The maximum atomic E-state index is 5.17. The summed E-state index contributed by atoms with van der Waals surface area (Å²) in [5, 5.41) is 2.28. The molecule has 5 aliphatic rings. The molecule has 2 nitrogen and oxygen atoms in total. The molecule has 36 heavy (non-hydrogen) atoms. The number of rotatable bonds is 1. The van der Waals surface area contributed by atoms with Gasteiger partial charge in [-0.05, 0) is 96.2 Å². The molecule has 3 aromatic carbocycles. The Bertz CT molecular complexity index is 1690. The second-order valence-corrected chi connectivity index (χ2v) is 11.9. The fourth-order valence-corrected chi connectivity index (χ4v) is 9.20. The third-order valence-electron chi connectivity index (χ3n) is 10.3. The van der Waals surface area contributed by atoms with Crippen LogP contribution in [-0.2, 0) is 5.41 Å². The van der Waals surface area contributed by atoms with E-state index in [9.17, 15) is 0 Å². The summed E-state index contributed by atoms with van der Waals surface area (Å²) in [6.07, 6.45) is 9.06. The summed E-state index contributed by atoms with van der Waals surface area (Å²) < 4.78 is 0. The van der Waals surface area contributed by atoms with Crippen LogP contribution in [0.2, 0.25) is 0 Å². The minimum Gasteiger partial charge on any atom is -0.254 e. The van der Waals surface area contributed by atoms with Gasteiger partial charge in [-0.1, -0.05) is 60.7 Å². The van der Waals surface area contributed by atoms with Crippen molar-refractivity contribution in [3.63, 3.8) is 0 Å². The fourth-order valence-electron chi connectivity index (χ4n) is 9.20. The highest BCUT2D eigenvalue weighted by Gasteiger charge is 2.61. The van der Waals surface area contributed by atoms with Gasteiger partial charge in [0.15, 0.2) is 0 Å². The van der Waals surface area contributed by atoms with Crippen LogP contribution in [0.5, 0.6) is 0 Å². The van der Waals surface area contributed by atoms with Gasteiger partial charge in [-0.15, -0.1) is 0 Å². The first-order valence-electron chi connectivity index (χ1n) is 13.7. The molecule has 4 fully saturated rings. The van der Waals surface area contributed by atoms with Crippen molar-refractivity contribution >= 4 is 21.8 Å². The summed E-state index contributed by atoms with van der Waals surface area (Å²) in [4.78, 5) is 9.84. The zero-order chi connectivity index (χ0) is 23.4. The molecule has 4 bridgehead atoms. The highest BCUT2D eigenvalue weighted by Crippen LogP contribution is 2.69. The van der Waals surface area contributed by atoms with E-state index in [1.807, 2.05) is 12.3 Å². The predicted octanol–water partition coefficient (Wildman–Crippen LogP) is 8.17. The minimum absolute atomic E-state index is 0.231. The number of benzene rings is 3. The molecule has 0 radical (unpaired) electrons. The predicted molar refractivity (Wildman–Crippen MR) is 146 cm³/mol. The lowest BCUT2D eigenvalue weighted by atomic mass is 9.43. The normalized spacial score (nSPS) is 29.2. The Labute approximate surface area is 211 Å². The van der Waals surface area contributed by atoms with Gasteiger partial charge in [-0.25, -0.2) is 4.98 Å². The quantitative estimate of drug-likeness (QED) is 0.234. The van der Waals surface area contributed by atoms with Crippen molar-refractivity contribution in [3.8, 4) is 22.4 Å². The maximum absolute atomic E-state index is 5.17. The Kier molecular flexibility index (Phi) is 3.72. The molecule has 0 atom stereocenters. The average Bonchev–Trinajstić information content (AvgIpc) is 3.21. The Morgan fingerprint density at radius 2 is 1.33 bits per heavy atom. The molecule has 174 valence electrons. The van der Waals surface area contributed by atoms with Gasteiger partial charge in [-0.3, -0.25) is 4.98 Å². The lowest BCUT2D eigenvalue weighted by molar-refractivity contribution is -0.0399. The molecule has 0 unspecified atom stereocenters. The number of hydrogen-bond acceptors (Lipinski definition) is 2. The van der Waals surface area contributed by atoms with Crippen LogP contribution in [0.4, 0.5) is 0 Å². The molecule has 5 aliphatic carbocycles. The van der Waals surface area contributed by atoms with E-state index < -0.39 is 0 Å². The van der Waals surface area contributed by atoms with E-state index in [0.29, 0.717) is 0 Å². The van der Waals surface area contributed by atoms with Crippen LogP contribution in [-0.4, -0.2) is 9.97 Å². The molecular weight excluding hydrogens is 436 g/mol. The van der Waals surface area contributed by atoms with Crippen molar-refractivity contribution in [2.24, 2.45) is 23.7 Å². The van der Waals surface area contributed by atoms with Crippen LogP contribution in [0.15, 0.2) is 85.1 Å². The Morgan fingerprint density at radius 3 is 2.17 bits per heavy atom. The highest BCUT2D eigenvalue weighted by atomic mass is 14.8. The lowest BCUT2D eigenvalue weighted by Crippen LogP contribution is -2.55. The van der Waals surface area contributed by atoms with Crippen molar-refractivity contribution in [1.82, 2.24) is 9.97 Å². The molecule has 2 heteroatoms.